The minimum absolute atomic E-state index is 0.0238. The van der Waals surface area contributed by atoms with Crippen LogP contribution < -0.4 is 0 Å². The van der Waals surface area contributed by atoms with E-state index in [1.165, 1.54) is 6.07 Å². The van der Waals surface area contributed by atoms with E-state index in [9.17, 15) is 9.59 Å². The third-order valence-corrected chi connectivity index (χ3v) is 2.67. The molecule has 0 fully saturated rings. The molecule has 15 heavy (non-hydrogen) atoms. The normalized spacial score (nSPS) is 10.3. The average Bonchev–Trinajstić information content (AvgIpc) is 2.10. The van der Waals surface area contributed by atoms with Crippen LogP contribution in [0.15, 0.2) is 16.6 Å². The van der Waals surface area contributed by atoms with Gasteiger partial charge < -0.3 is 10.2 Å². The van der Waals surface area contributed by atoms with E-state index in [4.69, 9.17) is 10.2 Å². The maximum absolute atomic E-state index is 10.7. The van der Waals surface area contributed by atoms with Gasteiger partial charge in [0.15, 0.2) is 5.92 Å². The molecule has 5 nitrogen and oxygen atoms in total. The molecule has 6 heteroatoms. The summed E-state index contributed by atoms with van der Waals surface area (Å²) in [6.45, 7) is 1.66. The summed E-state index contributed by atoms with van der Waals surface area (Å²) in [6, 6.07) is 2.96. The molecule has 0 radical (unpaired) electrons. The molecule has 1 aromatic heterocycles. The van der Waals surface area contributed by atoms with Gasteiger partial charge in [-0.2, -0.15) is 0 Å². The smallest absolute Gasteiger partial charge is 0.324 e. The molecule has 0 bridgehead atoms. The van der Waals surface area contributed by atoms with E-state index in [1.54, 1.807) is 13.0 Å². The highest BCUT2D eigenvalue weighted by atomic mass is 79.9. The van der Waals surface area contributed by atoms with Crippen molar-refractivity contribution in [2.45, 2.75) is 12.8 Å². The van der Waals surface area contributed by atoms with Gasteiger partial charge in [0.2, 0.25) is 0 Å². The summed E-state index contributed by atoms with van der Waals surface area (Å²) in [5.41, 5.74) is 0.579. The maximum atomic E-state index is 10.7. The molecule has 0 aliphatic heterocycles. The fraction of sp³-hybridized carbons (Fsp3) is 0.222. The summed E-state index contributed by atoms with van der Waals surface area (Å²) in [7, 11) is 0. The topological polar surface area (TPSA) is 87.5 Å². The number of aromatic nitrogens is 1. The van der Waals surface area contributed by atoms with Gasteiger partial charge in [-0.25, -0.2) is 0 Å². The molecule has 0 aliphatic carbocycles. The van der Waals surface area contributed by atoms with Gasteiger partial charge in [0.05, 0.1) is 11.4 Å². The van der Waals surface area contributed by atoms with Crippen LogP contribution in [0.1, 0.15) is 17.3 Å². The number of pyridine rings is 1. The Morgan fingerprint density at radius 2 is 1.87 bits per heavy atom. The molecule has 0 aromatic carbocycles. The van der Waals surface area contributed by atoms with Crippen molar-refractivity contribution in [1.29, 1.82) is 0 Å². The van der Waals surface area contributed by atoms with Gasteiger partial charge in [-0.15, -0.1) is 0 Å². The molecule has 0 saturated carbocycles. The van der Waals surface area contributed by atoms with Gasteiger partial charge >= 0.3 is 11.9 Å². The van der Waals surface area contributed by atoms with Crippen LogP contribution in [0.4, 0.5) is 0 Å². The van der Waals surface area contributed by atoms with Gasteiger partial charge in [0.25, 0.3) is 0 Å². The van der Waals surface area contributed by atoms with E-state index in [2.05, 4.69) is 20.9 Å². The maximum Gasteiger partial charge on any atom is 0.324 e. The van der Waals surface area contributed by atoms with E-state index in [0.29, 0.717) is 10.2 Å². The number of nitrogens with zero attached hydrogens (tertiary/aromatic N) is 1. The van der Waals surface area contributed by atoms with E-state index in [-0.39, 0.29) is 5.69 Å². The van der Waals surface area contributed by atoms with Crippen molar-refractivity contribution in [2.75, 3.05) is 0 Å². The van der Waals surface area contributed by atoms with Crippen LogP contribution in [-0.2, 0) is 9.59 Å². The highest BCUT2D eigenvalue weighted by molar-refractivity contribution is 9.10. The van der Waals surface area contributed by atoms with E-state index >= 15 is 0 Å². The van der Waals surface area contributed by atoms with E-state index in [1.807, 2.05) is 0 Å². The van der Waals surface area contributed by atoms with Crippen molar-refractivity contribution in [3.63, 3.8) is 0 Å². The summed E-state index contributed by atoms with van der Waals surface area (Å²) in [5, 5.41) is 17.4. The summed E-state index contributed by atoms with van der Waals surface area (Å²) in [4.78, 5) is 25.3. The van der Waals surface area contributed by atoms with E-state index < -0.39 is 17.9 Å². The SMILES string of the molecule is Cc1nc(C(C(=O)O)C(=O)O)ccc1Br. The van der Waals surface area contributed by atoms with Crippen LogP contribution in [0.3, 0.4) is 0 Å². The monoisotopic (exact) mass is 273 g/mol. The molecule has 2 N–H and O–H groups in total. The standard InChI is InChI=1S/C9H8BrNO4/c1-4-5(10)2-3-6(11-4)7(8(12)13)9(14)15/h2-3,7H,1H3,(H,12,13)(H,14,15). The molecule has 1 rings (SSSR count). The molecule has 0 amide bonds. The number of carboxylic acids is 2. The van der Waals surface area contributed by atoms with E-state index in [0.717, 1.165) is 0 Å². The number of rotatable bonds is 3. The summed E-state index contributed by atoms with van der Waals surface area (Å²) in [6.07, 6.45) is 0. The fourth-order valence-corrected chi connectivity index (χ4v) is 1.30. The minimum atomic E-state index is -1.61. The number of carbonyl (C=O) groups is 2. The van der Waals surface area contributed by atoms with Crippen molar-refractivity contribution in [3.8, 4) is 0 Å². The Balaban J connectivity index is 3.18. The Labute approximate surface area is 93.9 Å². The Morgan fingerprint density at radius 3 is 2.27 bits per heavy atom. The first kappa shape index (κ1) is 11.6. The third kappa shape index (κ3) is 2.53. The molecule has 1 aromatic rings. The minimum Gasteiger partial charge on any atom is -0.480 e. The molecule has 1 heterocycles. The third-order valence-electron chi connectivity index (χ3n) is 1.83. The highest BCUT2D eigenvalue weighted by Gasteiger charge is 2.29. The largest absolute Gasteiger partial charge is 0.480 e. The summed E-state index contributed by atoms with van der Waals surface area (Å²) < 4.78 is 0.709. The molecular formula is C9H8BrNO4. The van der Waals surface area contributed by atoms with Crippen LogP contribution >= 0.6 is 15.9 Å². The first-order chi connectivity index (χ1) is 6.93. The van der Waals surface area contributed by atoms with Crippen molar-refractivity contribution in [1.82, 2.24) is 4.98 Å². The van der Waals surface area contributed by atoms with Crippen molar-refractivity contribution in [3.05, 3.63) is 28.0 Å². The molecule has 0 saturated heterocycles. The fourth-order valence-electron chi connectivity index (χ4n) is 1.08. The lowest BCUT2D eigenvalue weighted by Crippen LogP contribution is -2.22. The zero-order valence-electron chi connectivity index (χ0n) is 7.77. The van der Waals surface area contributed by atoms with Crippen molar-refractivity contribution < 1.29 is 19.8 Å². The first-order valence-corrected chi connectivity index (χ1v) is 4.81. The Kier molecular flexibility index (Phi) is 3.41. The zero-order valence-corrected chi connectivity index (χ0v) is 9.35. The second-order valence-electron chi connectivity index (χ2n) is 2.91. The number of aryl methyl sites for hydroxylation is 1. The highest BCUT2D eigenvalue weighted by Crippen LogP contribution is 2.19. The van der Waals surface area contributed by atoms with Crippen molar-refractivity contribution >= 4 is 27.9 Å². The second-order valence-corrected chi connectivity index (χ2v) is 3.77. The Morgan fingerprint density at radius 1 is 1.33 bits per heavy atom. The molecule has 0 spiro atoms. The lowest BCUT2D eigenvalue weighted by atomic mass is 10.1. The summed E-state index contributed by atoms with van der Waals surface area (Å²) in [5.74, 6) is -4.45. The average molecular weight is 274 g/mol. The van der Waals surface area contributed by atoms with Crippen LogP contribution in [0, 0.1) is 6.92 Å². The van der Waals surface area contributed by atoms with Gasteiger partial charge in [-0.1, -0.05) is 0 Å². The molecule has 80 valence electrons. The van der Waals surface area contributed by atoms with Gasteiger partial charge in [0, 0.05) is 4.47 Å². The van der Waals surface area contributed by atoms with Gasteiger partial charge in [-0.05, 0) is 35.0 Å². The number of aliphatic carboxylic acids is 2. The summed E-state index contributed by atoms with van der Waals surface area (Å²) >= 11 is 3.20. The van der Waals surface area contributed by atoms with Crippen LogP contribution in [0.25, 0.3) is 0 Å². The quantitative estimate of drug-likeness (QED) is 0.813. The molecular weight excluding hydrogens is 266 g/mol. The first-order valence-electron chi connectivity index (χ1n) is 4.02. The Hall–Kier alpha value is -1.43. The molecule has 0 aliphatic rings. The van der Waals surface area contributed by atoms with Crippen LogP contribution in [0.5, 0.6) is 0 Å². The van der Waals surface area contributed by atoms with Crippen LogP contribution in [-0.4, -0.2) is 27.1 Å². The van der Waals surface area contributed by atoms with Gasteiger partial charge in [-0.3, -0.25) is 14.6 Å². The van der Waals surface area contributed by atoms with Gasteiger partial charge in [0.1, 0.15) is 0 Å². The second kappa shape index (κ2) is 4.39. The zero-order chi connectivity index (χ0) is 11.6. The predicted molar refractivity (Wildman–Crippen MR) is 54.7 cm³/mol. The predicted octanol–water partition coefficient (Wildman–Crippen LogP) is 1.41. The lowest BCUT2D eigenvalue weighted by Gasteiger charge is -2.07. The number of halogens is 1. The van der Waals surface area contributed by atoms with Crippen LogP contribution in [0.2, 0.25) is 0 Å². The van der Waals surface area contributed by atoms with Crippen molar-refractivity contribution in [2.24, 2.45) is 0 Å². The lowest BCUT2D eigenvalue weighted by molar-refractivity contribution is -0.150. The number of hydrogen-bond acceptors (Lipinski definition) is 3. The number of hydrogen-bond donors (Lipinski definition) is 2. The Bertz CT molecular complexity index is 405. The molecule has 0 atom stereocenters. The number of carboxylic acid groups (broad SMARTS) is 2. The molecule has 0 unspecified atom stereocenters.